The fraction of sp³-hybridized carbons (Fsp3) is 0.333. The Balaban J connectivity index is 0.000000587. The van der Waals surface area contributed by atoms with Crippen LogP contribution in [0.2, 0.25) is 0 Å². The summed E-state index contributed by atoms with van der Waals surface area (Å²) in [6.07, 6.45) is -4.46. The Morgan fingerprint density at radius 1 is 1.20 bits per heavy atom. The Labute approximate surface area is 234 Å². The van der Waals surface area contributed by atoms with Crippen LogP contribution in [0.1, 0.15) is 17.5 Å². The number of nitrogens with one attached hydrogen (secondary N) is 1. The minimum Gasteiger partial charge on any atom is -0.475 e. The predicted molar refractivity (Wildman–Crippen MR) is 136 cm³/mol. The molecular formula is C24H23F7N4O4S2. The molecule has 1 aliphatic rings. The highest BCUT2D eigenvalue weighted by atomic mass is 32.2. The van der Waals surface area contributed by atoms with Crippen LogP contribution in [-0.4, -0.2) is 61.7 Å². The molecule has 224 valence electrons. The number of likely N-dealkylation sites (N-methyl/N-ethyl adjacent to an activating group) is 1. The van der Waals surface area contributed by atoms with Crippen molar-refractivity contribution < 1.29 is 49.1 Å². The van der Waals surface area contributed by atoms with Crippen molar-refractivity contribution in [3.8, 4) is 0 Å². The van der Waals surface area contributed by atoms with E-state index in [1.54, 1.807) is 11.9 Å². The van der Waals surface area contributed by atoms with Crippen LogP contribution >= 0.6 is 11.3 Å². The Hall–Kier alpha value is -3.44. The molecule has 0 bridgehead atoms. The number of benzene rings is 2. The third kappa shape index (κ3) is 7.85. The van der Waals surface area contributed by atoms with E-state index < -0.39 is 50.3 Å². The summed E-state index contributed by atoms with van der Waals surface area (Å²) in [5.41, 5.74) is 1.82. The lowest BCUT2D eigenvalue weighted by Crippen LogP contribution is -2.35. The maximum absolute atomic E-state index is 15.1. The van der Waals surface area contributed by atoms with Crippen LogP contribution in [0.25, 0.3) is 0 Å². The number of likely N-dealkylation sites (tertiary alicyclic amines) is 1. The maximum atomic E-state index is 15.1. The van der Waals surface area contributed by atoms with Gasteiger partial charge in [-0.25, -0.2) is 35.8 Å². The second kappa shape index (κ2) is 12.6. The van der Waals surface area contributed by atoms with Gasteiger partial charge in [-0.2, -0.15) is 13.2 Å². The van der Waals surface area contributed by atoms with Crippen LogP contribution < -0.4 is 9.62 Å². The molecule has 0 aliphatic carbocycles. The number of hydrogen-bond acceptors (Lipinski definition) is 7. The molecule has 41 heavy (non-hydrogen) atoms. The Morgan fingerprint density at radius 3 is 2.44 bits per heavy atom. The number of thiazole rings is 1. The number of nitrogens with zero attached hydrogens (tertiary/aromatic N) is 3. The fourth-order valence-electron chi connectivity index (χ4n) is 4.12. The number of sulfonamides is 1. The number of hydrogen-bond donors (Lipinski definition) is 2. The van der Waals surface area contributed by atoms with Crippen molar-refractivity contribution in [2.45, 2.75) is 37.0 Å². The molecule has 3 aromatic rings. The average molecular weight is 629 g/mol. The summed E-state index contributed by atoms with van der Waals surface area (Å²) in [6, 6.07) is 4.13. The van der Waals surface area contributed by atoms with E-state index in [-0.39, 0.29) is 35.2 Å². The molecule has 2 aromatic carbocycles. The summed E-state index contributed by atoms with van der Waals surface area (Å²) < 4.78 is 117. The molecule has 2 heterocycles. The van der Waals surface area contributed by atoms with E-state index in [1.165, 1.54) is 17.8 Å². The van der Waals surface area contributed by atoms with Crippen molar-refractivity contribution >= 4 is 38.8 Å². The molecule has 1 fully saturated rings. The lowest BCUT2D eigenvalue weighted by atomic mass is 10.1. The molecule has 4 rings (SSSR count). The number of carboxylic acids is 1. The minimum atomic E-state index is -5.08. The normalized spacial score (nSPS) is 15.8. The number of rotatable bonds is 7. The van der Waals surface area contributed by atoms with E-state index in [0.29, 0.717) is 19.5 Å². The number of carboxylic acid groups (broad SMARTS) is 1. The van der Waals surface area contributed by atoms with E-state index >= 15 is 4.39 Å². The summed E-state index contributed by atoms with van der Waals surface area (Å²) in [5, 5.41) is 8.53. The third-order valence-corrected chi connectivity index (χ3v) is 8.13. The Morgan fingerprint density at radius 2 is 1.85 bits per heavy atom. The van der Waals surface area contributed by atoms with Crippen LogP contribution in [0.15, 0.2) is 40.1 Å². The number of anilines is 2. The first-order valence-electron chi connectivity index (χ1n) is 11.6. The molecule has 0 saturated carbocycles. The van der Waals surface area contributed by atoms with Gasteiger partial charge in [-0.15, -0.1) is 11.3 Å². The fourth-order valence-corrected chi connectivity index (χ4v) is 5.87. The summed E-state index contributed by atoms with van der Waals surface area (Å²) in [4.78, 5) is 15.2. The van der Waals surface area contributed by atoms with Gasteiger partial charge in [-0.05, 0) is 37.6 Å². The van der Waals surface area contributed by atoms with Crippen molar-refractivity contribution in [2.75, 3.05) is 29.8 Å². The van der Waals surface area contributed by atoms with Gasteiger partial charge < -0.3 is 10.0 Å². The number of aliphatic carboxylic acids is 1. The zero-order valence-corrected chi connectivity index (χ0v) is 23.0. The molecular weight excluding hydrogens is 605 g/mol. The molecule has 2 N–H and O–H groups in total. The smallest absolute Gasteiger partial charge is 0.475 e. The maximum Gasteiger partial charge on any atom is 0.490 e. The van der Waals surface area contributed by atoms with E-state index in [1.807, 2.05) is 4.90 Å². The Kier molecular flexibility index (Phi) is 9.86. The molecule has 17 heteroatoms. The molecule has 1 atom stereocenters. The summed E-state index contributed by atoms with van der Waals surface area (Å²) >= 11 is 1.13. The van der Waals surface area contributed by atoms with Gasteiger partial charge in [0.1, 0.15) is 17.5 Å². The van der Waals surface area contributed by atoms with Crippen molar-refractivity contribution in [3.05, 3.63) is 69.6 Å². The van der Waals surface area contributed by atoms with E-state index in [9.17, 15) is 34.8 Å². The van der Waals surface area contributed by atoms with Gasteiger partial charge in [0.05, 0.1) is 5.51 Å². The second-order valence-corrected chi connectivity index (χ2v) is 11.3. The quantitative estimate of drug-likeness (QED) is 0.349. The van der Waals surface area contributed by atoms with Gasteiger partial charge in [0.2, 0.25) is 0 Å². The highest BCUT2D eigenvalue weighted by Crippen LogP contribution is 2.33. The van der Waals surface area contributed by atoms with Crippen LogP contribution in [0.4, 0.5) is 42.2 Å². The van der Waals surface area contributed by atoms with Gasteiger partial charge >= 0.3 is 12.1 Å². The number of aromatic nitrogens is 1. The van der Waals surface area contributed by atoms with Gasteiger partial charge in [0, 0.05) is 54.9 Å². The SMILES string of the molecule is Cc1c(N(C)C2CCN(Cc3cc(F)ccc3F)C2)cc(F)c(S(=O)(=O)Nc2cscn2)c1F.O=C(O)C(F)(F)F. The monoisotopic (exact) mass is 628 g/mol. The summed E-state index contributed by atoms with van der Waals surface area (Å²) in [5.74, 6) is -6.20. The third-order valence-electron chi connectivity index (χ3n) is 6.15. The molecule has 0 spiro atoms. The second-order valence-electron chi connectivity index (χ2n) is 8.95. The van der Waals surface area contributed by atoms with E-state index in [2.05, 4.69) is 9.71 Å². The first kappa shape index (κ1) is 32.1. The molecule has 1 unspecified atom stereocenters. The van der Waals surface area contributed by atoms with E-state index in [0.717, 1.165) is 35.6 Å². The first-order valence-corrected chi connectivity index (χ1v) is 14.0. The lowest BCUT2D eigenvalue weighted by molar-refractivity contribution is -0.192. The van der Waals surface area contributed by atoms with Gasteiger partial charge in [-0.1, -0.05) is 0 Å². The average Bonchev–Trinajstić information content (AvgIpc) is 3.55. The van der Waals surface area contributed by atoms with Gasteiger partial charge in [0.15, 0.2) is 16.5 Å². The molecule has 8 nitrogen and oxygen atoms in total. The van der Waals surface area contributed by atoms with Gasteiger partial charge in [-0.3, -0.25) is 9.62 Å². The largest absolute Gasteiger partial charge is 0.490 e. The molecule has 1 saturated heterocycles. The van der Waals surface area contributed by atoms with Crippen molar-refractivity contribution in [3.63, 3.8) is 0 Å². The molecule has 1 aromatic heterocycles. The first-order chi connectivity index (χ1) is 19.0. The minimum absolute atomic E-state index is 0.0165. The predicted octanol–water partition coefficient (Wildman–Crippen LogP) is 5.15. The number of carbonyl (C=O) groups is 1. The molecule has 1 aliphatic heterocycles. The zero-order chi connectivity index (χ0) is 30.7. The summed E-state index contributed by atoms with van der Waals surface area (Å²) in [6.45, 7) is 2.63. The number of alkyl halides is 3. The Bertz CT molecular complexity index is 1500. The van der Waals surface area contributed by atoms with Crippen LogP contribution in [0.3, 0.4) is 0 Å². The van der Waals surface area contributed by atoms with Crippen molar-refractivity contribution in [1.82, 2.24) is 9.88 Å². The van der Waals surface area contributed by atoms with Crippen molar-refractivity contribution in [1.29, 1.82) is 0 Å². The molecule has 0 radical (unpaired) electrons. The lowest BCUT2D eigenvalue weighted by Gasteiger charge is -2.29. The van der Waals surface area contributed by atoms with Crippen LogP contribution in [0.5, 0.6) is 0 Å². The van der Waals surface area contributed by atoms with E-state index in [4.69, 9.17) is 9.90 Å². The standard InChI is InChI=1S/C22H22F4N4O2S2.C2HF3O2/c1-13-19(8-18(25)22(21(13)26)34(31,32)28-20-11-33-12-27-20)29(2)16-5-6-30(10-16)9-14-7-15(23)3-4-17(14)24;3-2(4,5)1(6)7/h3-4,7-8,11-12,16,28H,5-6,9-10H2,1-2H3;(H,6,7). The van der Waals surface area contributed by atoms with Gasteiger partial charge in [0.25, 0.3) is 10.0 Å². The highest BCUT2D eigenvalue weighted by Gasteiger charge is 2.38. The van der Waals surface area contributed by atoms with Crippen LogP contribution in [0, 0.1) is 30.2 Å². The van der Waals surface area contributed by atoms with Crippen molar-refractivity contribution in [2.24, 2.45) is 0 Å². The molecule has 0 amide bonds. The topological polar surface area (TPSA) is 103 Å². The van der Waals surface area contributed by atoms with Crippen LogP contribution in [-0.2, 0) is 21.4 Å². The highest BCUT2D eigenvalue weighted by molar-refractivity contribution is 7.92. The summed E-state index contributed by atoms with van der Waals surface area (Å²) in [7, 11) is -2.86. The number of halogens is 7. The zero-order valence-electron chi connectivity index (χ0n) is 21.3.